The number of thioether (sulfide) groups is 1. The zero-order valence-corrected chi connectivity index (χ0v) is 13.8. The van der Waals surface area contributed by atoms with Gasteiger partial charge in [-0.05, 0) is 36.2 Å². The maximum Gasteiger partial charge on any atom is 0.248 e. The van der Waals surface area contributed by atoms with Crippen molar-refractivity contribution in [2.24, 2.45) is 5.73 Å². The van der Waals surface area contributed by atoms with Gasteiger partial charge in [0.05, 0.1) is 10.9 Å². The van der Waals surface area contributed by atoms with Crippen molar-refractivity contribution in [2.75, 3.05) is 11.4 Å². The van der Waals surface area contributed by atoms with Crippen molar-refractivity contribution in [3.63, 3.8) is 0 Å². The van der Waals surface area contributed by atoms with Crippen LogP contribution >= 0.6 is 11.8 Å². The Morgan fingerprint density at radius 1 is 1.25 bits per heavy atom. The van der Waals surface area contributed by atoms with Gasteiger partial charge in [0, 0.05) is 17.9 Å². The number of anilines is 1. The van der Waals surface area contributed by atoms with E-state index in [4.69, 9.17) is 5.73 Å². The minimum atomic E-state index is -0.468. The van der Waals surface area contributed by atoms with Crippen LogP contribution in [0.5, 0.6) is 0 Å². The molecule has 0 aliphatic carbocycles. The lowest BCUT2D eigenvalue weighted by Gasteiger charge is -2.17. The predicted octanol–water partition coefficient (Wildman–Crippen LogP) is 2.96. The number of rotatable bonds is 5. The second-order valence-electron chi connectivity index (χ2n) is 5.59. The van der Waals surface area contributed by atoms with Crippen LogP contribution in [0.2, 0.25) is 0 Å². The molecule has 0 spiro atoms. The SMILES string of the molecule is NC(=O)c1cccc(CS[C@H]2CCN(c3ccccc3F)C2=O)c1. The highest BCUT2D eigenvalue weighted by Crippen LogP contribution is 2.31. The van der Waals surface area contributed by atoms with Gasteiger partial charge in [-0.1, -0.05) is 24.3 Å². The highest BCUT2D eigenvalue weighted by molar-refractivity contribution is 7.99. The summed E-state index contributed by atoms with van der Waals surface area (Å²) >= 11 is 1.50. The molecule has 6 heteroatoms. The van der Waals surface area contributed by atoms with Gasteiger partial charge in [-0.2, -0.15) is 0 Å². The number of primary amides is 1. The number of halogens is 1. The third kappa shape index (κ3) is 3.43. The summed E-state index contributed by atoms with van der Waals surface area (Å²) in [7, 11) is 0. The third-order valence-electron chi connectivity index (χ3n) is 3.96. The minimum absolute atomic E-state index is 0.0730. The van der Waals surface area contributed by atoms with Gasteiger partial charge >= 0.3 is 0 Å². The average molecular weight is 344 g/mol. The first-order valence-corrected chi connectivity index (χ1v) is 8.67. The fourth-order valence-electron chi connectivity index (χ4n) is 2.73. The number of benzene rings is 2. The Morgan fingerprint density at radius 3 is 2.79 bits per heavy atom. The Bertz CT molecular complexity index is 781. The van der Waals surface area contributed by atoms with E-state index in [2.05, 4.69) is 0 Å². The van der Waals surface area contributed by atoms with Crippen LogP contribution in [0.15, 0.2) is 48.5 Å². The van der Waals surface area contributed by atoms with Crippen LogP contribution in [-0.4, -0.2) is 23.6 Å². The highest BCUT2D eigenvalue weighted by Gasteiger charge is 2.33. The van der Waals surface area contributed by atoms with Gasteiger partial charge in [-0.25, -0.2) is 4.39 Å². The van der Waals surface area contributed by atoms with Gasteiger partial charge in [0.15, 0.2) is 0 Å². The van der Waals surface area contributed by atoms with Gasteiger partial charge in [-0.3, -0.25) is 9.59 Å². The normalized spacial score (nSPS) is 17.3. The second kappa shape index (κ2) is 7.05. The van der Waals surface area contributed by atoms with E-state index in [1.165, 1.54) is 22.7 Å². The van der Waals surface area contributed by atoms with Crippen molar-refractivity contribution in [3.8, 4) is 0 Å². The zero-order chi connectivity index (χ0) is 17.1. The van der Waals surface area contributed by atoms with Crippen LogP contribution in [-0.2, 0) is 10.5 Å². The lowest BCUT2D eigenvalue weighted by atomic mass is 10.1. The van der Waals surface area contributed by atoms with Crippen LogP contribution in [0, 0.1) is 5.82 Å². The quantitative estimate of drug-likeness (QED) is 0.907. The van der Waals surface area contributed by atoms with Crippen molar-refractivity contribution in [3.05, 3.63) is 65.5 Å². The lowest BCUT2D eigenvalue weighted by Crippen LogP contribution is -2.28. The molecule has 2 amide bonds. The highest BCUT2D eigenvalue weighted by atomic mass is 32.2. The Hall–Kier alpha value is -2.34. The lowest BCUT2D eigenvalue weighted by molar-refractivity contribution is -0.116. The van der Waals surface area contributed by atoms with Crippen molar-refractivity contribution in [1.82, 2.24) is 0 Å². The number of carbonyl (C=O) groups excluding carboxylic acids is 2. The topological polar surface area (TPSA) is 63.4 Å². The first kappa shape index (κ1) is 16.5. The van der Waals surface area contributed by atoms with E-state index in [-0.39, 0.29) is 17.0 Å². The van der Waals surface area contributed by atoms with Gasteiger partial charge in [0.25, 0.3) is 0 Å². The smallest absolute Gasteiger partial charge is 0.248 e. The molecule has 1 saturated heterocycles. The Balaban J connectivity index is 1.65. The third-order valence-corrected chi connectivity index (χ3v) is 5.30. The first-order valence-electron chi connectivity index (χ1n) is 7.62. The first-order chi connectivity index (χ1) is 11.6. The van der Waals surface area contributed by atoms with Crippen molar-refractivity contribution >= 4 is 29.3 Å². The molecule has 1 aliphatic rings. The predicted molar refractivity (Wildman–Crippen MR) is 93.4 cm³/mol. The molecule has 0 unspecified atom stereocenters. The molecule has 0 aromatic heterocycles. The maximum absolute atomic E-state index is 13.9. The van der Waals surface area contributed by atoms with E-state index in [9.17, 15) is 14.0 Å². The molecule has 0 radical (unpaired) electrons. The summed E-state index contributed by atoms with van der Waals surface area (Å²) in [4.78, 5) is 25.2. The van der Waals surface area contributed by atoms with Crippen molar-refractivity contribution in [1.29, 1.82) is 0 Å². The summed E-state index contributed by atoms with van der Waals surface area (Å²) in [6.45, 7) is 0.513. The largest absolute Gasteiger partial charge is 0.366 e. The van der Waals surface area contributed by atoms with E-state index in [1.807, 2.05) is 6.07 Å². The number of hydrogen-bond donors (Lipinski definition) is 1. The van der Waals surface area contributed by atoms with Crippen LogP contribution in [0.1, 0.15) is 22.3 Å². The van der Waals surface area contributed by atoms with Crippen LogP contribution < -0.4 is 10.6 Å². The number of nitrogens with zero attached hydrogens (tertiary/aromatic N) is 1. The maximum atomic E-state index is 13.9. The molecule has 1 heterocycles. The van der Waals surface area contributed by atoms with E-state index in [0.717, 1.165) is 5.56 Å². The zero-order valence-electron chi connectivity index (χ0n) is 12.9. The van der Waals surface area contributed by atoms with Gasteiger partial charge in [-0.15, -0.1) is 11.8 Å². The van der Waals surface area contributed by atoms with Crippen molar-refractivity contribution < 1.29 is 14.0 Å². The molecule has 3 rings (SSSR count). The van der Waals surface area contributed by atoms with Crippen molar-refractivity contribution in [2.45, 2.75) is 17.4 Å². The van der Waals surface area contributed by atoms with Gasteiger partial charge in [0.1, 0.15) is 5.82 Å². The molecule has 4 nitrogen and oxygen atoms in total. The van der Waals surface area contributed by atoms with E-state index < -0.39 is 5.91 Å². The van der Waals surface area contributed by atoms with Gasteiger partial charge in [0.2, 0.25) is 11.8 Å². The monoisotopic (exact) mass is 344 g/mol. The van der Waals surface area contributed by atoms with Crippen LogP contribution in [0.4, 0.5) is 10.1 Å². The number of hydrogen-bond acceptors (Lipinski definition) is 3. The number of para-hydroxylation sites is 1. The molecule has 124 valence electrons. The summed E-state index contributed by atoms with van der Waals surface area (Å²) in [6.07, 6.45) is 0.674. The molecule has 2 N–H and O–H groups in total. The number of nitrogens with two attached hydrogens (primary N) is 1. The summed E-state index contributed by atoms with van der Waals surface area (Å²) in [5, 5.41) is -0.207. The molecule has 1 aliphatic heterocycles. The fourth-order valence-corrected chi connectivity index (χ4v) is 3.84. The van der Waals surface area contributed by atoms with Crippen LogP contribution in [0.3, 0.4) is 0 Å². The molecular weight excluding hydrogens is 327 g/mol. The van der Waals surface area contributed by atoms with E-state index in [0.29, 0.717) is 30.0 Å². The molecule has 0 saturated carbocycles. The standard InChI is InChI=1S/C18H17FN2O2S/c19-14-6-1-2-7-15(14)21-9-8-16(18(21)23)24-11-12-4-3-5-13(10-12)17(20)22/h1-7,10,16H,8-9,11H2,(H2,20,22)/t16-/m0/s1. The molecule has 1 fully saturated rings. The Labute approximate surface area is 143 Å². The van der Waals surface area contributed by atoms with Gasteiger partial charge < -0.3 is 10.6 Å². The van der Waals surface area contributed by atoms with E-state index >= 15 is 0 Å². The second-order valence-corrected chi connectivity index (χ2v) is 6.79. The molecular formula is C18H17FN2O2S. The number of amides is 2. The summed E-state index contributed by atoms with van der Waals surface area (Å²) in [6, 6.07) is 13.4. The summed E-state index contributed by atoms with van der Waals surface area (Å²) < 4.78 is 13.9. The number of carbonyl (C=O) groups is 2. The molecule has 1 atom stereocenters. The van der Waals surface area contributed by atoms with E-state index in [1.54, 1.807) is 36.4 Å². The summed E-state index contributed by atoms with van der Waals surface area (Å²) in [5.74, 6) is -0.325. The van der Waals surface area contributed by atoms with Crippen LogP contribution in [0.25, 0.3) is 0 Å². The molecule has 2 aromatic carbocycles. The molecule has 2 aromatic rings. The fraction of sp³-hybridized carbons (Fsp3) is 0.222. The molecule has 24 heavy (non-hydrogen) atoms. The minimum Gasteiger partial charge on any atom is -0.366 e. The Morgan fingerprint density at radius 2 is 2.04 bits per heavy atom. The molecule has 0 bridgehead atoms. The summed E-state index contributed by atoms with van der Waals surface area (Å²) in [5.41, 5.74) is 7.01. The Kier molecular flexibility index (Phi) is 4.85. The average Bonchev–Trinajstić information content (AvgIpc) is 2.94.